The molecule has 1 aromatic rings. The minimum Gasteiger partial charge on any atom is -0.508 e. The molecule has 3 heteroatoms. The van der Waals surface area contributed by atoms with E-state index in [-0.39, 0.29) is 5.75 Å². The van der Waals surface area contributed by atoms with Crippen LogP contribution in [-0.4, -0.2) is 22.8 Å². The Kier molecular flexibility index (Phi) is 3.17. The zero-order valence-corrected chi connectivity index (χ0v) is 9.61. The van der Waals surface area contributed by atoms with Crippen molar-refractivity contribution < 1.29 is 10.2 Å². The average molecular weight is 221 g/mol. The number of benzene rings is 1. The van der Waals surface area contributed by atoms with E-state index < -0.39 is 5.60 Å². The topological polar surface area (TPSA) is 52.5 Å². The van der Waals surface area contributed by atoms with Crippen molar-refractivity contribution in [2.24, 2.45) is 0 Å². The molecule has 0 bridgehead atoms. The van der Waals surface area contributed by atoms with Crippen molar-refractivity contribution in [1.29, 1.82) is 0 Å². The van der Waals surface area contributed by atoms with Gasteiger partial charge in [-0.1, -0.05) is 18.2 Å². The molecule has 1 aromatic carbocycles. The Bertz CT molecular complexity index is 357. The highest BCUT2D eigenvalue weighted by molar-refractivity contribution is 5.36. The van der Waals surface area contributed by atoms with Crippen LogP contribution >= 0.6 is 0 Å². The van der Waals surface area contributed by atoms with Gasteiger partial charge in [0, 0.05) is 11.6 Å². The third-order valence-electron chi connectivity index (χ3n) is 3.29. The summed E-state index contributed by atoms with van der Waals surface area (Å²) in [6, 6.07) is 7.36. The molecule has 3 N–H and O–H groups in total. The fraction of sp³-hybridized carbons (Fsp3) is 0.538. The van der Waals surface area contributed by atoms with Crippen molar-refractivity contribution in [2.45, 2.75) is 37.8 Å². The van der Waals surface area contributed by atoms with Crippen LogP contribution in [0.15, 0.2) is 24.3 Å². The Morgan fingerprint density at radius 2 is 2.19 bits per heavy atom. The summed E-state index contributed by atoms with van der Waals surface area (Å²) >= 11 is 0. The molecule has 1 fully saturated rings. The van der Waals surface area contributed by atoms with Crippen LogP contribution in [0.2, 0.25) is 0 Å². The van der Waals surface area contributed by atoms with Crippen molar-refractivity contribution >= 4 is 0 Å². The summed E-state index contributed by atoms with van der Waals surface area (Å²) in [5, 5.41) is 23.5. The molecule has 1 aliphatic heterocycles. The van der Waals surface area contributed by atoms with Gasteiger partial charge in [0.1, 0.15) is 5.75 Å². The largest absolute Gasteiger partial charge is 0.508 e. The summed E-state index contributed by atoms with van der Waals surface area (Å²) in [5.41, 5.74) is -0.350. The van der Waals surface area contributed by atoms with E-state index in [0.29, 0.717) is 18.0 Å². The lowest BCUT2D eigenvalue weighted by Crippen LogP contribution is -2.32. The summed E-state index contributed by atoms with van der Waals surface area (Å²) in [7, 11) is 0. The SMILES string of the molecule is CC(O)(CC1CCCN1)c1ccccc1O. The van der Waals surface area contributed by atoms with Gasteiger partial charge < -0.3 is 15.5 Å². The van der Waals surface area contributed by atoms with Crippen LogP contribution in [0.3, 0.4) is 0 Å². The fourth-order valence-electron chi connectivity index (χ4n) is 2.45. The van der Waals surface area contributed by atoms with E-state index in [1.807, 2.05) is 6.07 Å². The van der Waals surface area contributed by atoms with E-state index in [0.717, 1.165) is 13.0 Å². The molecule has 0 radical (unpaired) electrons. The molecule has 0 spiro atoms. The maximum absolute atomic E-state index is 10.4. The number of hydrogen-bond acceptors (Lipinski definition) is 3. The lowest BCUT2D eigenvalue weighted by molar-refractivity contribution is 0.0362. The summed E-state index contributed by atoms with van der Waals surface area (Å²) in [5.74, 6) is 0.172. The molecule has 16 heavy (non-hydrogen) atoms. The van der Waals surface area contributed by atoms with Gasteiger partial charge in [-0.15, -0.1) is 0 Å². The third-order valence-corrected chi connectivity index (χ3v) is 3.29. The zero-order valence-electron chi connectivity index (χ0n) is 9.61. The van der Waals surface area contributed by atoms with Gasteiger partial charge in [-0.3, -0.25) is 0 Å². The van der Waals surface area contributed by atoms with Crippen molar-refractivity contribution in [1.82, 2.24) is 5.32 Å². The Morgan fingerprint density at radius 1 is 1.44 bits per heavy atom. The van der Waals surface area contributed by atoms with E-state index in [4.69, 9.17) is 0 Å². The van der Waals surface area contributed by atoms with Crippen molar-refractivity contribution in [3.8, 4) is 5.75 Å². The molecule has 0 aliphatic carbocycles. The first kappa shape index (κ1) is 11.4. The number of phenolic OH excluding ortho intramolecular Hbond substituents is 1. The Hall–Kier alpha value is -1.06. The molecular weight excluding hydrogens is 202 g/mol. The number of nitrogens with one attached hydrogen (secondary N) is 1. The molecule has 1 aliphatic rings. The summed E-state index contributed by atoms with van der Waals surface area (Å²) in [4.78, 5) is 0. The number of rotatable bonds is 3. The van der Waals surface area contributed by atoms with E-state index in [2.05, 4.69) is 5.32 Å². The van der Waals surface area contributed by atoms with Crippen molar-refractivity contribution in [2.75, 3.05) is 6.54 Å². The van der Waals surface area contributed by atoms with Crippen LogP contribution in [0.1, 0.15) is 31.7 Å². The van der Waals surface area contributed by atoms with Gasteiger partial charge in [-0.25, -0.2) is 0 Å². The average Bonchev–Trinajstić information content (AvgIpc) is 2.70. The molecular formula is C13H19NO2. The van der Waals surface area contributed by atoms with Crippen LogP contribution in [-0.2, 0) is 5.60 Å². The van der Waals surface area contributed by atoms with E-state index >= 15 is 0 Å². The van der Waals surface area contributed by atoms with Gasteiger partial charge in [-0.05, 0) is 38.8 Å². The first-order valence-electron chi connectivity index (χ1n) is 5.84. The predicted octanol–water partition coefficient (Wildman–Crippen LogP) is 1.74. The van der Waals surface area contributed by atoms with Gasteiger partial charge in [0.25, 0.3) is 0 Å². The molecule has 0 saturated carbocycles. The second-order valence-electron chi connectivity index (χ2n) is 4.79. The number of phenols is 1. The number of para-hydroxylation sites is 1. The molecule has 1 heterocycles. The van der Waals surface area contributed by atoms with Gasteiger partial charge >= 0.3 is 0 Å². The van der Waals surface area contributed by atoms with Crippen LogP contribution in [0.4, 0.5) is 0 Å². The standard InChI is InChI=1S/C13H19NO2/c1-13(16,9-10-5-4-8-14-10)11-6-2-3-7-12(11)15/h2-3,6-7,10,14-16H,4-5,8-9H2,1H3. The second kappa shape index (κ2) is 4.44. The fourth-order valence-corrected chi connectivity index (χ4v) is 2.45. The van der Waals surface area contributed by atoms with Crippen LogP contribution in [0.25, 0.3) is 0 Å². The minimum atomic E-state index is -0.965. The molecule has 3 nitrogen and oxygen atoms in total. The molecule has 1 saturated heterocycles. The number of aliphatic hydroxyl groups is 1. The highest BCUT2D eigenvalue weighted by Crippen LogP contribution is 2.33. The van der Waals surface area contributed by atoms with Crippen molar-refractivity contribution in [3.05, 3.63) is 29.8 Å². The molecule has 88 valence electrons. The van der Waals surface area contributed by atoms with Gasteiger partial charge in [-0.2, -0.15) is 0 Å². The predicted molar refractivity (Wildman–Crippen MR) is 63.3 cm³/mol. The summed E-state index contributed by atoms with van der Waals surface area (Å²) in [6.45, 7) is 2.80. The Morgan fingerprint density at radius 3 is 2.81 bits per heavy atom. The molecule has 0 aromatic heterocycles. The smallest absolute Gasteiger partial charge is 0.121 e. The third kappa shape index (κ3) is 2.36. The van der Waals surface area contributed by atoms with E-state index in [1.165, 1.54) is 6.42 Å². The monoisotopic (exact) mass is 221 g/mol. The number of aromatic hydroxyl groups is 1. The zero-order chi connectivity index (χ0) is 11.6. The van der Waals surface area contributed by atoms with Crippen LogP contribution in [0, 0.1) is 0 Å². The van der Waals surface area contributed by atoms with Crippen LogP contribution < -0.4 is 5.32 Å². The second-order valence-corrected chi connectivity index (χ2v) is 4.79. The van der Waals surface area contributed by atoms with Gasteiger partial charge in [0.05, 0.1) is 5.60 Å². The molecule has 0 amide bonds. The van der Waals surface area contributed by atoms with Crippen molar-refractivity contribution in [3.63, 3.8) is 0 Å². The quantitative estimate of drug-likeness (QED) is 0.728. The van der Waals surface area contributed by atoms with E-state index in [9.17, 15) is 10.2 Å². The summed E-state index contributed by atoms with van der Waals surface area (Å²) < 4.78 is 0. The van der Waals surface area contributed by atoms with Gasteiger partial charge in [0.15, 0.2) is 0 Å². The number of hydrogen-bond donors (Lipinski definition) is 3. The molecule has 2 atom stereocenters. The maximum Gasteiger partial charge on any atom is 0.121 e. The molecule has 2 unspecified atom stereocenters. The normalized spacial score (nSPS) is 24.2. The first-order chi connectivity index (χ1) is 7.59. The molecule has 2 rings (SSSR count). The lowest BCUT2D eigenvalue weighted by atomic mass is 9.88. The minimum absolute atomic E-state index is 0.172. The van der Waals surface area contributed by atoms with Gasteiger partial charge in [0.2, 0.25) is 0 Å². The Balaban J connectivity index is 2.14. The highest BCUT2D eigenvalue weighted by atomic mass is 16.3. The maximum atomic E-state index is 10.4. The van der Waals surface area contributed by atoms with E-state index in [1.54, 1.807) is 25.1 Å². The lowest BCUT2D eigenvalue weighted by Gasteiger charge is -2.27. The first-order valence-corrected chi connectivity index (χ1v) is 5.84. The summed E-state index contributed by atoms with van der Waals surface area (Å²) in [6.07, 6.45) is 2.91. The highest BCUT2D eigenvalue weighted by Gasteiger charge is 2.30. The van der Waals surface area contributed by atoms with Crippen LogP contribution in [0.5, 0.6) is 5.75 Å². The Labute approximate surface area is 96.1 Å².